The number of urea groups is 1. The minimum atomic E-state index is -0.312. The third-order valence-corrected chi connectivity index (χ3v) is 5.20. The maximum absolute atomic E-state index is 12.3. The average Bonchev–Trinajstić information content (AvgIpc) is 3.27. The number of ether oxygens (including phenoxy) is 1. The molecule has 4 rings (SSSR count). The van der Waals surface area contributed by atoms with Gasteiger partial charge < -0.3 is 20.7 Å². The predicted molar refractivity (Wildman–Crippen MR) is 127 cm³/mol. The molecule has 0 spiro atoms. The Morgan fingerprint density at radius 3 is 2.41 bits per heavy atom. The first-order chi connectivity index (χ1) is 15.6. The van der Waals surface area contributed by atoms with Crippen molar-refractivity contribution < 1.29 is 14.3 Å². The Kier molecular flexibility index (Phi) is 6.51. The molecule has 162 valence electrons. The normalized spacial score (nSPS) is 13.2. The van der Waals surface area contributed by atoms with Crippen LogP contribution in [0.2, 0.25) is 0 Å². The highest BCUT2D eigenvalue weighted by Gasteiger charge is 2.12. The average molecular weight is 428 g/mol. The molecular formula is C26H25N3O3. The van der Waals surface area contributed by atoms with Crippen LogP contribution < -0.4 is 20.7 Å². The van der Waals surface area contributed by atoms with Gasteiger partial charge in [-0.15, -0.1) is 0 Å². The molecule has 0 fully saturated rings. The van der Waals surface area contributed by atoms with Gasteiger partial charge in [0.2, 0.25) is 5.91 Å². The van der Waals surface area contributed by atoms with Crippen LogP contribution in [0.15, 0.2) is 78.9 Å². The summed E-state index contributed by atoms with van der Waals surface area (Å²) in [6.45, 7) is 2.63. The lowest BCUT2D eigenvalue weighted by Crippen LogP contribution is -2.24. The largest absolute Gasteiger partial charge is 0.493 e. The number of carbonyl (C=O) groups excluding carboxylic acids is 2. The van der Waals surface area contributed by atoms with Gasteiger partial charge in [0.1, 0.15) is 5.75 Å². The maximum Gasteiger partial charge on any atom is 0.323 e. The summed E-state index contributed by atoms with van der Waals surface area (Å²) in [6.07, 6.45) is 4.25. The minimum absolute atomic E-state index is 0.168. The molecule has 3 aromatic rings. The first kappa shape index (κ1) is 21.2. The lowest BCUT2D eigenvalue weighted by molar-refractivity contribution is -0.117. The summed E-state index contributed by atoms with van der Waals surface area (Å²) in [5.41, 5.74) is 4.48. The molecule has 0 saturated carbocycles. The fraction of sp³-hybridized carbons (Fsp3) is 0.154. The summed E-state index contributed by atoms with van der Waals surface area (Å²) < 4.78 is 5.51. The number of hydrogen-bond donors (Lipinski definition) is 3. The molecule has 0 aliphatic carbocycles. The lowest BCUT2D eigenvalue weighted by Gasteiger charge is -2.14. The van der Waals surface area contributed by atoms with Gasteiger partial charge in [-0.3, -0.25) is 4.79 Å². The molecule has 0 radical (unpaired) electrons. The molecule has 1 aliphatic heterocycles. The monoisotopic (exact) mass is 427 g/mol. The Morgan fingerprint density at radius 1 is 0.938 bits per heavy atom. The van der Waals surface area contributed by atoms with Crippen LogP contribution in [0.25, 0.3) is 6.08 Å². The molecule has 0 bridgehead atoms. The van der Waals surface area contributed by atoms with Gasteiger partial charge in [0.25, 0.3) is 0 Å². The van der Waals surface area contributed by atoms with Crippen molar-refractivity contribution in [3.8, 4) is 5.75 Å². The van der Waals surface area contributed by atoms with Gasteiger partial charge in [0, 0.05) is 23.9 Å². The molecule has 3 aromatic carbocycles. The van der Waals surface area contributed by atoms with Crippen molar-refractivity contribution in [3.63, 3.8) is 0 Å². The van der Waals surface area contributed by atoms with E-state index in [1.807, 2.05) is 73.7 Å². The summed E-state index contributed by atoms with van der Waals surface area (Å²) in [6, 6.07) is 22.1. The molecular weight excluding hydrogens is 402 g/mol. The fourth-order valence-corrected chi connectivity index (χ4v) is 3.50. The smallest absolute Gasteiger partial charge is 0.323 e. The van der Waals surface area contributed by atoms with E-state index in [2.05, 4.69) is 22.0 Å². The molecule has 3 N–H and O–H groups in total. The summed E-state index contributed by atoms with van der Waals surface area (Å²) in [5.74, 6) is 0.759. The summed E-state index contributed by atoms with van der Waals surface area (Å²) in [5, 5.41) is 8.53. The second-order valence-electron chi connectivity index (χ2n) is 7.60. The molecule has 6 nitrogen and oxygen atoms in total. The highest BCUT2D eigenvalue weighted by molar-refractivity contribution is 5.99. The zero-order valence-corrected chi connectivity index (χ0v) is 17.8. The Balaban J connectivity index is 1.29. The molecule has 1 atom stereocenters. The first-order valence-electron chi connectivity index (χ1n) is 10.5. The molecule has 32 heavy (non-hydrogen) atoms. The second-order valence-corrected chi connectivity index (χ2v) is 7.60. The number of carbonyl (C=O) groups is 2. The Hall–Kier alpha value is -4.06. The predicted octanol–water partition coefficient (Wildman–Crippen LogP) is 5.16. The number of para-hydroxylation sites is 1. The summed E-state index contributed by atoms with van der Waals surface area (Å²) >= 11 is 0. The number of hydrogen-bond acceptors (Lipinski definition) is 3. The molecule has 6 heteroatoms. The van der Waals surface area contributed by atoms with E-state index in [1.54, 1.807) is 6.08 Å². The number of benzene rings is 3. The molecule has 1 aliphatic rings. The number of amides is 3. The van der Waals surface area contributed by atoms with Crippen molar-refractivity contribution in [3.05, 3.63) is 95.6 Å². The lowest BCUT2D eigenvalue weighted by atomic mass is 10.1. The quantitative estimate of drug-likeness (QED) is 0.476. The summed E-state index contributed by atoms with van der Waals surface area (Å²) in [4.78, 5) is 24.4. The van der Waals surface area contributed by atoms with Crippen LogP contribution in [0.3, 0.4) is 0 Å². The third kappa shape index (κ3) is 5.55. The number of rotatable bonds is 6. The number of fused-ring (bicyclic) bond motifs is 1. The standard InChI is InChI=1S/C26H25N3O3/c1-18(27-25(30)14-8-19-7-13-24-21(17-19)15-16-32-24)20-9-11-23(12-10-20)29-26(31)28-22-5-3-2-4-6-22/h2-14,17-18H,15-16H2,1H3,(H,27,30)(H2,28,29,31)/b14-8+. The van der Waals surface area contributed by atoms with Crippen LogP contribution in [0.5, 0.6) is 5.75 Å². The van der Waals surface area contributed by atoms with E-state index in [0.29, 0.717) is 12.3 Å². The van der Waals surface area contributed by atoms with Crippen LogP contribution in [0, 0.1) is 0 Å². The van der Waals surface area contributed by atoms with Crippen LogP contribution in [-0.2, 0) is 11.2 Å². The van der Waals surface area contributed by atoms with Crippen molar-refractivity contribution in [1.29, 1.82) is 0 Å². The number of nitrogens with one attached hydrogen (secondary N) is 3. The topological polar surface area (TPSA) is 79.5 Å². The Bertz CT molecular complexity index is 1120. The van der Waals surface area contributed by atoms with E-state index in [0.717, 1.165) is 29.0 Å². The molecule has 3 amide bonds. The Labute approximate surface area is 187 Å². The van der Waals surface area contributed by atoms with Gasteiger partial charge in [-0.2, -0.15) is 0 Å². The van der Waals surface area contributed by atoms with Crippen molar-refractivity contribution in [2.24, 2.45) is 0 Å². The third-order valence-electron chi connectivity index (χ3n) is 5.20. The van der Waals surface area contributed by atoms with E-state index < -0.39 is 0 Å². The van der Waals surface area contributed by atoms with E-state index in [1.165, 1.54) is 11.6 Å². The van der Waals surface area contributed by atoms with Gasteiger partial charge in [-0.1, -0.05) is 36.4 Å². The Morgan fingerprint density at radius 2 is 1.66 bits per heavy atom. The SMILES string of the molecule is CC(NC(=O)/C=C/c1ccc2c(c1)CCO2)c1ccc(NC(=O)Nc2ccccc2)cc1. The van der Waals surface area contributed by atoms with Gasteiger partial charge in [0.15, 0.2) is 0 Å². The van der Waals surface area contributed by atoms with Crippen molar-refractivity contribution in [2.75, 3.05) is 17.2 Å². The molecule has 0 saturated heterocycles. The van der Waals surface area contributed by atoms with Crippen LogP contribution >= 0.6 is 0 Å². The first-order valence-corrected chi connectivity index (χ1v) is 10.5. The van der Waals surface area contributed by atoms with Crippen molar-refractivity contribution in [1.82, 2.24) is 5.32 Å². The highest BCUT2D eigenvalue weighted by Crippen LogP contribution is 2.26. The molecule has 0 aromatic heterocycles. The van der Waals surface area contributed by atoms with Crippen LogP contribution in [0.4, 0.5) is 16.2 Å². The van der Waals surface area contributed by atoms with E-state index in [9.17, 15) is 9.59 Å². The zero-order valence-electron chi connectivity index (χ0n) is 17.8. The van der Waals surface area contributed by atoms with Crippen LogP contribution in [0.1, 0.15) is 29.7 Å². The van der Waals surface area contributed by atoms with Crippen molar-refractivity contribution >= 4 is 29.4 Å². The molecule has 1 unspecified atom stereocenters. The van der Waals surface area contributed by atoms with E-state index in [4.69, 9.17) is 4.74 Å². The van der Waals surface area contributed by atoms with Gasteiger partial charge in [-0.25, -0.2) is 4.79 Å². The van der Waals surface area contributed by atoms with Gasteiger partial charge in [0.05, 0.1) is 12.6 Å². The molecule has 1 heterocycles. The van der Waals surface area contributed by atoms with Gasteiger partial charge in [-0.05, 0) is 66.1 Å². The fourth-order valence-electron chi connectivity index (χ4n) is 3.50. The number of anilines is 2. The second kappa shape index (κ2) is 9.83. The van der Waals surface area contributed by atoms with Crippen LogP contribution in [-0.4, -0.2) is 18.5 Å². The minimum Gasteiger partial charge on any atom is -0.493 e. The highest BCUT2D eigenvalue weighted by atomic mass is 16.5. The van der Waals surface area contributed by atoms with E-state index >= 15 is 0 Å². The van der Waals surface area contributed by atoms with Gasteiger partial charge >= 0.3 is 6.03 Å². The summed E-state index contributed by atoms with van der Waals surface area (Å²) in [7, 11) is 0. The van der Waals surface area contributed by atoms with Crippen molar-refractivity contribution in [2.45, 2.75) is 19.4 Å². The maximum atomic E-state index is 12.3. The van der Waals surface area contributed by atoms with E-state index in [-0.39, 0.29) is 18.0 Å². The zero-order chi connectivity index (χ0) is 22.3.